The van der Waals surface area contributed by atoms with Gasteiger partial charge in [0, 0.05) is 11.1 Å². The molecule has 0 amide bonds. The minimum Gasteiger partial charge on any atom is -0.481 e. The van der Waals surface area contributed by atoms with E-state index in [9.17, 15) is 4.79 Å². The van der Waals surface area contributed by atoms with Crippen LogP contribution in [0.1, 0.15) is 95.0 Å². The first-order chi connectivity index (χ1) is 14.3. The zero-order valence-electron chi connectivity index (χ0n) is 20.0. The maximum absolute atomic E-state index is 11.1. The summed E-state index contributed by atoms with van der Waals surface area (Å²) in [7, 11) is 0.418. The van der Waals surface area contributed by atoms with E-state index in [1.165, 1.54) is 11.1 Å². The molecule has 4 heteroatoms. The fourth-order valence-corrected chi connectivity index (χ4v) is 3.82. The molecule has 0 aliphatic rings. The molecule has 0 aliphatic carbocycles. The minimum atomic E-state index is -0.824. The summed E-state index contributed by atoms with van der Waals surface area (Å²) in [6.07, 6.45) is 0. The Labute approximate surface area is 190 Å². The summed E-state index contributed by atoms with van der Waals surface area (Å²) in [6, 6.07) is 13.8. The number of carbonyl (C=O) groups is 1. The highest BCUT2D eigenvalue weighted by molar-refractivity contribution is 6.31. The molecule has 0 fully saturated rings. The molecule has 2 aromatic rings. The smallest absolute Gasteiger partial charge is 0.310 e. The molecule has 0 aliphatic heterocycles. The third-order valence-corrected chi connectivity index (χ3v) is 6.29. The minimum absolute atomic E-state index is 0.137. The van der Waals surface area contributed by atoms with Crippen molar-refractivity contribution < 1.29 is 14.3 Å². The van der Waals surface area contributed by atoms with Crippen LogP contribution in [0.4, 0.5) is 0 Å². The summed E-state index contributed by atoms with van der Waals surface area (Å²) in [5, 5.41) is 9.28. The molecule has 1 unspecified atom stereocenters. The van der Waals surface area contributed by atoms with E-state index in [1.807, 2.05) is 24.3 Å². The van der Waals surface area contributed by atoms with E-state index in [1.54, 1.807) is 6.92 Å². The Morgan fingerprint density at radius 1 is 0.935 bits per heavy atom. The van der Waals surface area contributed by atoms with Crippen LogP contribution in [0.25, 0.3) is 0 Å². The standard InChI is InChI=1S/C27H34O3Si/c1-18(2)23-17-21(13-16-24(23)27(7,8)30-31-26(4,5)6)10-9-20-11-14-22(15-12-20)19(3)25(28)29/h11-19H,1-8H3,(H,28,29). The molecule has 3 nitrogen and oxygen atoms in total. The first kappa shape index (κ1) is 24.9. The lowest BCUT2D eigenvalue weighted by Gasteiger charge is -2.32. The Morgan fingerprint density at radius 2 is 1.48 bits per heavy atom. The maximum Gasteiger partial charge on any atom is 0.310 e. The molecule has 31 heavy (non-hydrogen) atoms. The van der Waals surface area contributed by atoms with Crippen LogP contribution in [0.5, 0.6) is 0 Å². The normalized spacial score (nSPS) is 12.9. The summed E-state index contributed by atoms with van der Waals surface area (Å²) in [4.78, 5) is 11.1. The van der Waals surface area contributed by atoms with E-state index in [0.29, 0.717) is 15.7 Å². The van der Waals surface area contributed by atoms with Gasteiger partial charge in [0.25, 0.3) is 0 Å². The van der Waals surface area contributed by atoms with Crippen molar-refractivity contribution in [3.63, 3.8) is 0 Å². The van der Waals surface area contributed by atoms with Gasteiger partial charge in [0.1, 0.15) is 0 Å². The average molecular weight is 435 g/mol. The van der Waals surface area contributed by atoms with Crippen LogP contribution in [0, 0.1) is 11.8 Å². The second-order valence-electron chi connectivity index (χ2n) is 9.85. The molecule has 0 bridgehead atoms. The van der Waals surface area contributed by atoms with Crippen molar-refractivity contribution in [3.8, 4) is 11.8 Å². The van der Waals surface area contributed by atoms with Crippen LogP contribution in [0.3, 0.4) is 0 Å². The predicted molar refractivity (Wildman–Crippen MR) is 129 cm³/mol. The SMILES string of the molecule is CC(C)c1cc(C#Cc2ccc(C(C)C(=O)O)cc2)ccc1C(C)(C)O[Si]C(C)(C)C. The summed E-state index contributed by atoms with van der Waals surface area (Å²) in [6.45, 7) is 16.9. The number of hydrogen-bond acceptors (Lipinski definition) is 2. The largest absolute Gasteiger partial charge is 0.481 e. The van der Waals surface area contributed by atoms with Gasteiger partial charge in [-0.3, -0.25) is 4.79 Å². The topological polar surface area (TPSA) is 46.5 Å². The molecule has 2 aromatic carbocycles. The molecule has 0 saturated heterocycles. The van der Waals surface area contributed by atoms with Gasteiger partial charge in [-0.2, -0.15) is 0 Å². The Morgan fingerprint density at radius 3 is 2.00 bits per heavy atom. The fraction of sp³-hybridized carbons (Fsp3) is 0.444. The van der Waals surface area contributed by atoms with Crippen molar-refractivity contribution in [2.75, 3.05) is 0 Å². The third kappa shape index (κ3) is 7.09. The predicted octanol–water partition coefficient (Wildman–Crippen LogP) is 6.49. The van der Waals surface area contributed by atoms with E-state index in [0.717, 1.165) is 16.7 Å². The summed E-state index contributed by atoms with van der Waals surface area (Å²) in [5.74, 6) is 5.47. The highest BCUT2D eigenvalue weighted by Crippen LogP contribution is 2.34. The number of hydrogen-bond donors (Lipinski definition) is 1. The lowest BCUT2D eigenvalue weighted by molar-refractivity contribution is -0.138. The molecule has 1 N–H and O–H groups in total. The molecule has 0 heterocycles. The number of carboxylic acids is 1. The third-order valence-electron chi connectivity index (χ3n) is 5.07. The van der Waals surface area contributed by atoms with Crippen LogP contribution < -0.4 is 0 Å². The van der Waals surface area contributed by atoms with Crippen molar-refractivity contribution >= 4 is 15.7 Å². The van der Waals surface area contributed by atoms with Crippen molar-refractivity contribution in [1.29, 1.82) is 0 Å². The molecular formula is C27H34O3Si. The summed E-state index contributed by atoms with van der Waals surface area (Å²) < 4.78 is 6.34. The molecular weight excluding hydrogens is 400 g/mol. The van der Waals surface area contributed by atoms with Crippen LogP contribution in [-0.4, -0.2) is 20.8 Å². The lowest BCUT2D eigenvalue weighted by Crippen LogP contribution is -2.29. The quantitative estimate of drug-likeness (QED) is 0.418. The Kier molecular flexibility index (Phi) is 7.91. The molecule has 0 aromatic heterocycles. The van der Waals surface area contributed by atoms with Gasteiger partial charge in [-0.05, 0) is 72.7 Å². The zero-order valence-corrected chi connectivity index (χ0v) is 21.0. The Hall–Kier alpha value is -2.35. The number of aliphatic carboxylic acids is 1. The monoisotopic (exact) mass is 434 g/mol. The van der Waals surface area contributed by atoms with Gasteiger partial charge in [0.05, 0.1) is 11.5 Å². The van der Waals surface area contributed by atoms with Crippen molar-refractivity contribution in [3.05, 3.63) is 70.3 Å². The molecule has 0 spiro atoms. The Balaban J connectivity index is 2.29. The van der Waals surface area contributed by atoms with Gasteiger partial charge in [-0.15, -0.1) is 0 Å². The van der Waals surface area contributed by atoms with Gasteiger partial charge in [-0.25, -0.2) is 0 Å². The summed E-state index contributed by atoms with van der Waals surface area (Å²) in [5.41, 5.74) is 4.70. The first-order valence-corrected chi connectivity index (χ1v) is 11.7. The Bertz CT molecular complexity index is 970. The van der Waals surface area contributed by atoms with Crippen molar-refractivity contribution in [1.82, 2.24) is 0 Å². The van der Waals surface area contributed by atoms with Crippen LogP contribution >= 0.6 is 0 Å². The fourth-order valence-electron chi connectivity index (χ4n) is 3.14. The van der Waals surface area contributed by atoms with E-state index >= 15 is 0 Å². The highest BCUT2D eigenvalue weighted by Gasteiger charge is 2.28. The van der Waals surface area contributed by atoms with Gasteiger partial charge in [0.15, 0.2) is 0 Å². The summed E-state index contributed by atoms with van der Waals surface area (Å²) >= 11 is 0. The molecule has 2 rings (SSSR count). The van der Waals surface area contributed by atoms with Crippen LogP contribution in [0.2, 0.25) is 5.04 Å². The molecule has 164 valence electrons. The molecule has 2 radical (unpaired) electrons. The number of carboxylic acid groups (broad SMARTS) is 1. The first-order valence-electron chi connectivity index (χ1n) is 10.7. The van der Waals surface area contributed by atoms with Crippen LogP contribution in [-0.2, 0) is 14.8 Å². The van der Waals surface area contributed by atoms with E-state index in [-0.39, 0.29) is 10.6 Å². The highest BCUT2D eigenvalue weighted by atomic mass is 28.2. The van der Waals surface area contributed by atoms with Crippen molar-refractivity contribution in [2.45, 2.75) is 77.9 Å². The zero-order chi connectivity index (χ0) is 23.4. The lowest BCUT2D eigenvalue weighted by atomic mass is 9.87. The van der Waals surface area contributed by atoms with Crippen LogP contribution in [0.15, 0.2) is 42.5 Å². The van der Waals surface area contributed by atoms with E-state index in [4.69, 9.17) is 9.53 Å². The second-order valence-corrected chi connectivity index (χ2v) is 11.8. The number of rotatable bonds is 6. The van der Waals surface area contributed by atoms with Gasteiger partial charge in [-0.1, -0.05) is 64.7 Å². The molecule has 1 atom stereocenters. The van der Waals surface area contributed by atoms with E-state index < -0.39 is 11.9 Å². The van der Waals surface area contributed by atoms with Crippen molar-refractivity contribution in [2.24, 2.45) is 0 Å². The maximum atomic E-state index is 11.1. The van der Waals surface area contributed by atoms with Gasteiger partial charge < -0.3 is 9.53 Å². The van der Waals surface area contributed by atoms with E-state index in [2.05, 4.69) is 78.5 Å². The number of benzene rings is 2. The average Bonchev–Trinajstić information content (AvgIpc) is 2.70. The van der Waals surface area contributed by atoms with Gasteiger partial charge >= 0.3 is 5.97 Å². The second kappa shape index (κ2) is 9.85. The molecule has 0 saturated carbocycles. The van der Waals surface area contributed by atoms with Gasteiger partial charge in [0.2, 0.25) is 9.76 Å².